The molecule has 2 fully saturated rings. The average Bonchev–Trinajstić information content (AvgIpc) is 3.10. The number of ether oxygens (including phenoxy) is 1. The van der Waals surface area contributed by atoms with Crippen molar-refractivity contribution in [1.82, 2.24) is 15.5 Å². The zero-order chi connectivity index (χ0) is 16.1. The maximum Gasteiger partial charge on any atom is 0.223 e. The topological polar surface area (TPSA) is 53.6 Å². The van der Waals surface area contributed by atoms with E-state index in [1.54, 1.807) is 11.3 Å². The summed E-state index contributed by atoms with van der Waals surface area (Å²) < 4.78 is 5.47. The number of piperidine rings is 1. The lowest BCUT2D eigenvalue weighted by Gasteiger charge is -2.34. The number of amides is 1. The number of hydrogen-bond acceptors (Lipinski definition) is 5. The lowest BCUT2D eigenvalue weighted by atomic mass is 9.92. The molecule has 1 amide bonds. The summed E-state index contributed by atoms with van der Waals surface area (Å²) in [5.74, 6) is 0.369. The Morgan fingerprint density at radius 1 is 1.52 bits per heavy atom. The van der Waals surface area contributed by atoms with Crippen molar-refractivity contribution < 1.29 is 9.53 Å². The highest BCUT2D eigenvalue weighted by Gasteiger charge is 2.27. The molecule has 3 rings (SSSR count). The van der Waals surface area contributed by atoms with E-state index >= 15 is 0 Å². The molecular formula is C17H27N3O2S. The summed E-state index contributed by atoms with van der Waals surface area (Å²) in [6, 6.07) is 4.96. The predicted octanol–water partition coefficient (Wildman–Crippen LogP) is 1.63. The molecule has 0 radical (unpaired) electrons. The summed E-state index contributed by atoms with van der Waals surface area (Å²) in [4.78, 5) is 16.3. The van der Waals surface area contributed by atoms with Crippen molar-refractivity contribution in [3.8, 4) is 0 Å². The lowest BCUT2D eigenvalue weighted by Crippen LogP contribution is -2.46. The summed E-state index contributed by atoms with van der Waals surface area (Å²) in [6.07, 6.45) is 1.88. The Balaban J connectivity index is 1.58. The van der Waals surface area contributed by atoms with Gasteiger partial charge in [0.2, 0.25) is 5.91 Å². The van der Waals surface area contributed by atoms with Gasteiger partial charge in [-0.2, -0.15) is 0 Å². The van der Waals surface area contributed by atoms with Gasteiger partial charge in [0.25, 0.3) is 0 Å². The predicted molar refractivity (Wildman–Crippen MR) is 92.7 cm³/mol. The smallest absolute Gasteiger partial charge is 0.223 e. The van der Waals surface area contributed by atoms with Gasteiger partial charge in [0.05, 0.1) is 19.3 Å². The maximum atomic E-state index is 12.5. The van der Waals surface area contributed by atoms with E-state index in [-0.39, 0.29) is 17.9 Å². The lowest BCUT2D eigenvalue weighted by molar-refractivity contribution is -0.126. The first kappa shape index (κ1) is 16.9. The van der Waals surface area contributed by atoms with Crippen LogP contribution in [0.4, 0.5) is 0 Å². The number of rotatable bonds is 5. The third-order valence-corrected chi connectivity index (χ3v) is 5.80. The van der Waals surface area contributed by atoms with Crippen LogP contribution in [0.5, 0.6) is 0 Å². The van der Waals surface area contributed by atoms with Crippen molar-refractivity contribution in [2.24, 2.45) is 5.92 Å². The molecule has 23 heavy (non-hydrogen) atoms. The second kappa shape index (κ2) is 8.24. The largest absolute Gasteiger partial charge is 0.379 e. The van der Waals surface area contributed by atoms with Crippen molar-refractivity contribution >= 4 is 17.2 Å². The summed E-state index contributed by atoms with van der Waals surface area (Å²) in [7, 11) is 0. The molecule has 3 atom stereocenters. The second-order valence-electron chi connectivity index (χ2n) is 6.50. The molecule has 1 aromatic heterocycles. The Labute approximate surface area is 142 Å². The number of thiophene rings is 1. The Morgan fingerprint density at radius 3 is 3.04 bits per heavy atom. The minimum Gasteiger partial charge on any atom is -0.379 e. The van der Waals surface area contributed by atoms with Gasteiger partial charge in [-0.1, -0.05) is 6.07 Å². The molecule has 2 aliphatic rings. The second-order valence-corrected chi connectivity index (χ2v) is 7.48. The summed E-state index contributed by atoms with van der Waals surface area (Å²) >= 11 is 1.77. The van der Waals surface area contributed by atoms with Crippen molar-refractivity contribution in [3.63, 3.8) is 0 Å². The standard InChI is InChI=1S/C17H27N3O2S/c1-13-11-14(4-5-18-13)17(21)19-12-15(16-3-2-10-23-16)20-6-8-22-9-7-20/h2-3,10,13-15,18H,4-9,11-12H2,1H3,(H,19,21)/t13-,14-,15?/m0/s1. The number of hydrogen-bond donors (Lipinski definition) is 2. The third-order valence-electron chi connectivity index (χ3n) is 4.82. The fourth-order valence-electron chi connectivity index (χ4n) is 3.49. The molecule has 2 N–H and O–H groups in total. The van der Waals surface area contributed by atoms with E-state index in [1.165, 1.54) is 4.88 Å². The molecular weight excluding hydrogens is 310 g/mol. The van der Waals surface area contributed by atoms with E-state index in [0.717, 1.165) is 45.7 Å². The van der Waals surface area contributed by atoms with Gasteiger partial charge < -0.3 is 15.4 Å². The van der Waals surface area contributed by atoms with Crippen LogP contribution in [0.25, 0.3) is 0 Å². The molecule has 0 spiro atoms. The van der Waals surface area contributed by atoms with E-state index in [4.69, 9.17) is 4.74 Å². The molecule has 2 saturated heterocycles. The van der Waals surface area contributed by atoms with Gasteiger partial charge in [-0.3, -0.25) is 9.69 Å². The SMILES string of the molecule is C[C@H]1C[C@@H](C(=O)NCC(c2cccs2)N2CCOCC2)CCN1. The Bertz CT molecular complexity index is 488. The average molecular weight is 337 g/mol. The normalized spacial score (nSPS) is 27.5. The zero-order valence-corrected chi connectivity index (χ0v) is 14.6. The summed E-state index contributed by atoms with van der Waals surface area (Å²) in [5, 5.41) is 8.73. The molecule has 1 aromatic rings. The van der Waals surface area contributed by atoms with Crippen molar-refractivity contribution in [2.45, 2.75) is 31.8 Å². The highest BCUT2D eigenvalue weighted by molar-refractivity contribution is 7.10. The van der Waals surface area contributed by atoms with Crippen molar-refractivity contribution in [1.29, 1.82) is 0 Å². The number of nitrogens with one attached hydrogen (secondary N) is 2. The van der Waals surface area contributed by atoms with E-state index in [1.807, 2.05) is 0 Å². The molecule has 3 heterocycles. The van der Waals surface area contributed by atoms with E-state index < -0.39 is 0 Å². The van der Waals surface area contributed by atoms with Crippen LogP contribution >= 0.6 is 11.3 Å². The van der Waals surface area contributed by atoms with Gasteiger partial charge >= 0.3 is 0 Å². The zero-order valence-electron chi connectivity index (χ0n) is 13.8. The maximum absolute atomic E-state index is 12.5. The molecule has 0 bridgehead atoms. The van der Waals surface area contributed by atoms with Crippen LogP contribution in [0.15, 0.2) is 17.5 Å². The van der Waals surface area contributed by atoms with Crippen LogP contribution in [0.3, 0.4) is 0 Å². The quantitative estimate of drug-likeness (QED) is 0.857. The van der Waals surface area contributed by atoms with Gasteiger partial charge in [-0.05, 0) is 37.8 Å². The molecule has 6 heteroatoms. The number of carbonyl (C=O) groups is 1. The first-order valence-electron chi connectivity index (χ1n) is 8.60. The minimum atomic E-state index is 0.153. The molecule has 0 aliphatic carbocycles. The van der Waals surface area contributed by atoms with E-state index in [0.29, 0.717) is 12.6 Å². The monoisotopic (exact) mass is 337 g/mol. The van der Waals surface area contributed by atoms with Gasteiger partial charge in [0, 0.05) is 36.5 Å². The van der Waals surface area contributed by atoms with E-state index in [9.17, 15) is 4.79 Å². The molecule has 1 unspecified atom stereocenters. The van der Waals surface area contributed by atoms with Crippen LogP contribution in [0, 0.1) is 5.92 Å². The van der Waals surface area contributed by atoms with Crippen LogP contribution in [-0.4, -0.2) is 56.2 Å². The summed E-state index contributed by atoms with van der Waals surface area (Å²) in [5.41, 5.74) is 0. The molecule has 128 valence electrons. The minimum absolute atomic E-state index is 0.153. The fraction of sp³-hybridized carbons (Fsp3) is 0.706. The van der Waals surface area contributed by atoms with Gasteiger partial charge in [0.1, 0.15) is 0 Å². The molecule has 0 saturated carbocycles. The van der Waals surface area contributed by atoms with E-state index in [2.05, 4.69) is 40.0 Å². The summed E-state index contributed by atoms with van der Waals surface area (Å²) in [6.45, 7) is 7.21. The Morgan fingerprint density at radius 2 is 2.35 bits per heavy atom. The highest BCUT2D eigenvalue weighted by Crippen LogP contribution is 2.26. The Hall–Kier alpha value is -0.950. The number of carbonyl (C=O) groups excluding carboxylic acids is 1. The first-order valence-corrected chi connectivity index (χ1v) is 9.48. The highest BCUT2D eigenvalue weighted by atomic mass is 32.1. The Kier molecular flexibility index (Phi) is 6.05. The molecule has 5 nitrogen and oxygen atoms in total. The van der Waals surface area contributed by atoms with Gasteiger partial charge in [-0.25, -0.2) is 0 Å². The number of nitrogens with zero attached hydrogens (tertiary/aromatic N) is 1. The molecule has 0 aromatic carbocycles. The van der Waals surface area contributed by atoms with Crippen LogP contribution in [0.1, 0.15) is 30.7 Å². The van der Waals surface area contributed by atoms with Crippen LogP contribution in [-0.2, 0) is 9.53 Å². The van der Waals surface area contributed by atoms with Crippen molar-refractivity contribution in [2.75, 3.05) is 39.4 Å². The van der Waals surface area contributed by atoms with Crippen LogP contribution < -0.4 is 10.6 Å². The molecule has 2 aliphatic heterocycles. The van der Waals surface area contributed by atoms with Crippen LogP contribution in [0.2, 0.25) is 0 Å². The van der Waals surface area contributed by atoms with Gasteiger partial charge in [-0.15, -0.1) is 11.3 Å². The van der Waals surface area contributed by atoms with Gasteiger partial charge in [0.15, 0.2) is 0 Å². The first-order chi connectivity index (χ1) is 11.2. The van der Waals surface area contributed by atoms with Crippen molar-refractivity contribution in [3.05, 3.63) is 22.4 Å². The number of morpholine rings is 1. The fourth-order valence-corrected chi connectivity index (χ4v) is 4.35. The third kappa shape index (κ3) is 4.53.